The second-order valence-electron chi connectivity index (χ2n) is 6.64. The van der Waals surface area contributed by atoms with E-state index in [9.17, 15) is 8.42 Å². The van der Waals surface area contributed by atoms with Crippen molar-refractivity contribution in [2.45, 2.75) is 30.7 Å². The maximum Gasteiger partial charge on any atom is 0.264 e. The van der Waals surface area contributed by atoms with E-state index in [4.69, 9.17) is 9.47 Å². The molecule has 1 fully saturated rings. The Bertz CT molecular complexity index is 908. The Morgan fingerprint density at radius 2 is 1.81 bits per heavy atom. The van der Waals surface area contributed by atoms with E-state index in [2.05, 4.69) is 5.32 Å². The van der Waals surface area contributed by atoms with Gasteiger partial charge in [-0.15, -0.1) is 0 Å². The molecular formula is C19H22N2O4S. The predicted molar refractivity (Wildman–Crippen MR) is 99.3 cm³/mol. The molecule has 4 rings (SSSR count). The minimum Gasteiger partial charge on any atom is -0.454 e. The standard InChI is InChI=1S/C19H22N2O4S/c1-14-3-2-4-17(11-14)26(22,23)21(15-7-9-20-10-8-15)16-5-6-18-19(12-16)25-13-24-18/h2-6,11-12,15,20H,7-10,13H2,1H3. The smallest absolute Gasteiger partial charge is 0.264 e. The number of benzene rings is 2. The first-order chi connectivity index (χ1) is 12.6. The third-order valence-electron chi connectivity index (χ3n) is 4.80. The SMILES string of the molecule is Cc1cccc(S(=O)(=O)N(c2ccc3c(c2)OCO3)C2CCNCC2)c1. The summed E-state index contributed by atoms with van der Waals surface area (Å²) >= 11 is 0. The van der Waals surface area contributed by atoms with Crippen LogP contribution in [0.5, 0.6) is 11.5 Å². The van der Waals surface area contributed by atoms with Gasteiger partial charge in [0.1, 0.15) is 0 Å². The molecule has 2 aromatic rings. The number of fused-ring (bicyclic) bond motifs is 1. The van der Waals surface area contributed by atoms with Gasteiger partial charge in [-0.05, 0) is 62.7 Å². The van der Waals surface area contributed by atoms with Gasteiger partial charge < -0.3 is 14.8 Å². The number of piperidine rings is 1. The molecule has 0 bridgehead atoms. The summed E-state index contributed by atoms with van der Waals surface area (Å²) < 4.78 is 39.4. The summed E-state index contributed by atoms with van der Waals surface area (Å²) in [4.78, 5) is 0.314. The number of hydrogen-bond donors (Lipinski definition) is 1. The van der Waals surface area contributed by atoms with E-state index in [1.807, 2.05) is 13.0 Å². The van der Waals surface area contributed by atoms with Gasteiger partial charge in [-0.2, -0.15) is 0 Å². The van der Waals surface area contributed by atoms with E-state index >= 15 is 0 Å². The molecule has 6 nitrogen and oxygen atoms in total. The van der Waals surface area contributed by atoms with Crippen molar-refractivity contribution in [3.8, 4) is 11.5 Å². The van der Waals surface area contributed by atoms with E-state index in [1.54, 1.807) is 40.7 Å². The molecule has 0 amide bonds. The zero-order valence-corrected chi connectivity index (χ0v) is 15.5. The van der Waals surface area contributed by atoms with Crippen molar-refractivity contribution in [1.82, 2.24) is 5.32 Å². The highest BCUT2D eigenvalue weighted by Gasteiger charge is 2.33. The van der Waals surface area contributed by atoms with E-state index < -0.39 is 10.0 Å². The van der Waals surface area contributed by atoms with Gasteiger partial charge in [0.15, 0.2) is 11.5 Å². The van der Waals surface area contributed by atoms with Gasteiger partial charge in [0.05, 0.1) is 10.6 Å². The zero-order chi connectivity index (χ0) is 18.1. The summed E-state index contributed by atoms with van der Waals surface area (Å²) in [5.41, 5.74) is 1.53. The predicted octanol–water partition coefficient (Wildman–Crippen LogP) is 2.67. The number of rotatable bonds is 4. The lowest BCUT2D eigenvalue weighted by Gasteiger charge is -2.35. The first-order valence-electron chi connectivity index (χ1n) is 8.77. The van der Waals surface area contributed by atoms with Crippen molar-refractivity contribution in [3.05, 3.63) is 48.0 Å². The van der Waals surface area contributed by atoms with Crippen LogP contribution in [0.3, 0.4) is 0 Å². The molecule has 0 radical (unpaired) electrons. The van der Waals surface area contributed by atoms with E-state index in [0.29, 0.717) is 22.1 Å². The molecule has 1 N–H and O–H groups in total. The molecule has 138 valence electrons. The quantitative estimate of drug-likeness (QED) is 0.891. The van der Waals surface area contributed by atoms with Crippen LogP contribution >= 0.6 is 0 Å². The highest BCUT2D eigenvalue weighted by atomic mass is 32.2. The third kappa shape index (κ3) is 3.12. The van der Waals surface area contributed by atoms with Crippen LogP contribution in [0.4, 0.5) is 5.69 Å². The number of nitrogens with one attached hydrogen (secondary N) is 1. The fourth-order valence-corrected chi connectivity index (χ4v) is 5.31. The van der Waals surface area contributed by atoms with Gasteiger partial charge in [-0.25, -0.2) is 8.42 Å². The summed E-state index contributed by atoms with van der Waals surface area (Å²) in [7, 11) is -3.68. The summed E-state index contributed by atoms with van der Waals surface area (Å²) in [5, 5.41) is 3.30. The van der Waals surface area contributed by atoms with Gasteiger partial charge in [0.2, 0.25) is 6.79 Å². The van der Waals surface area contributed by atoms with Crippen LogP contribution in [0.1, 0.15) is 18.4 Å². The monoisotopic (exact) mass is 374 g/mol. The highest BCUT2D eigenvalue weighted by molar-refractivity contribution is 7.92. The average molecular weight is 374 g/mol. The topological polar surface area (TPSA) is 67.9 Å². The molecule has 26 heavy (non-hydrogen) atoms. The third-order valence-corrected chi connectivity index (χ3v) is 6.67. The van der Waals surface area contributed by atoms with Crippen LogP contribution in [-0.4, -0.2) is 34.3 Å². The van der Waals surface area contributed by atoms with Crippen LogP contribution in [0.2, 0.25) is 0 Å². The normalized spacial score (nSPS) is 17.3. The number of sulfonamides is 1. The van der Waals surface area contributed by atoms with Crippen LogP contribution in [0, 0.1) is 6.92 Å². The van der Waals surface area contributed by atoms with Gasteiger partial charge in [0.25, 0.3) is 10.0 Å². The zero-order valence-electron chi connectivity index (χ0n) is 14.6. The highest BCUT2D eigenvalue weighted by Crippen LogP contribution is 2.38. The van der Waals surface area contributed by atoms with Crippen LogP contribution < -0.4 is 19.1 Å². The molecule has 0 spiro atoms. The second-order valence-corrected chi connectivity index (χ2v) is 8.45. The summed E-state index contributed by atoms with van der Waals surface area (Å²) in [6.07, 6.45) is 1.53. The maximum absolute atomic E-state index is 13.5. The van der Waals surface area contributed by atoms with Crippen molar-refractivity contribution in [3.63, 3.8) is 0 Å². The summed E-state index contributed by atoms with van der Waals surface area (Å²) in [6.45, 7) is 3.66. The van der Waals surface area contributed by atoms with Crippen molar-refractivity contribution < 1.29 is 17.9 Å². The lowest BCUT2D eigenvalue weighted by molar-refractivity contribution is 0.174. The van der Waals surface area contributed by atoms with Crippen molar-refractivity contribution in [2.75, 3.05) is 24.2 Å². The molecule has 7 heteroatoms. The number of nitrogens with zero attached hydrogens (tertiary/aromatic N) is 1. The molecular weight excluding hydrogens is 352 g/mol. The Morgan fingerprint density at radius 3 is 2.58 bits per heavy atom. The Hall–Kier alpha value is -2.25. The largest absolute Gasteiger partial charge is 0.454 e. The van der Waals surface area contributed by atoms with Gasteiger partial charge in [0, 0.05) is 12.1 Å². The molecule has 2 aromatic carbocycles. The Kier molecular flexibility index (Phi) is 4.50. The first kappa shape index (κ1) is 17.2. The average Bonchev–Trinajstić information content (AvgIpc) is 3.10. The van der Waals surface area contributed by atoms with Crippen molar-refractivity contribution in [2.24, 2.45) is 0 Å². The lowest BCUT2D eigenvalue weighted by atomic mass is 10.1. The molecule has 2 aliphatic rings. The van der Waals surface area contributed by atoms with Gasteiger partial charge >= 0.3 is 0 Å². The van der Waals surface area contributed by atoms with E-state index in [-0.39, 0.29) is 12.8 Å². The molecule has 0 atom stereocenters. The minimum atomic E-state index is -3.68. The fraction of sp³-hybridized carbons (Fsp3) is 0.368. The fourth-order valence-electron chi connectivity index (χ4n) is 3.50. The Labute approximate surface area is 153 Å². The molecule has 0 aromatic heterocycles. The number of ether oxygens (including phenoxy) is 2. The Balaban J connectivity index is 1.80. The lowest BCUT2D eigenvalue weighted by Crippen LogP contribution is -2.46. The summed E-state index contributed by atoms with van der Waals surface area (Å²) in [5.74, 6) is 1.23. The van der Waals surface area contributed by atoms with E-state index in [0.717, 1.165) is 31.5 Å². The summed E-state index contributed by atoms with van der Waals surface area (Å²) in [6, 6.07) is 12.3. The van der Waals surface area contributed by atoms with Crippen LogP contribution in [0.25, 0.3) is 0 Å². The minimum absolute atomic E-state index is 0.0952. The second kappa shape index (κ2) is 6.81. The van der Waals surface area contributed by atoms with Crippen molar-refractivity contribution >= 4 is 15.7 Å². The first-order valence-corrected chi connectivity index (χ1v) is 10.2. The van der Waals surface area contributed by atoms with Crippen molar-refractivity contribution in [1.29, 1.82) is 0 Å². The van der Waals surface area contributed by atoms with E-state index in [1.165, 1.54) is 0 Å². The molecule has 0 aliphatic carbocycles. The number of anilines is 1. The maximum atomic E-state index is 13.5. The van der Waals surface area contributed by atoms with Gasteiger partial charge in [-0.3, -0.25) is 4.31 Å². The molecule has 2 heterocycles. The number of aryl methyl sites for hydroxylation is 1. The molecule has 0 unspecified atom stereocenters. The number of hydrogen-bond acceptors (Lipinski definition) is 5. The van der Waals surface area contributed by atoms with Gasteiger partial charge in [-0.1, -0.05) is 12.1 Å². The molecule has 1 saturated heterocycles. The van der Waals surface area contributed by atoms with Crippen LogP contribution in [0.15, 0.2) is 47.4 Å². The van der Waals surface area contributed by atoms with Crippen LogP contribution in [-0.2, 0) is 10.0 Å². The Morgan fingerprint density at radius 1 is 1.04 bits per heavy atom. The molecule has 2 aliphatic heterocycles. The molecule has 0 saturated carbocycles.